The van der Waals surface area contributed by atoms with E-state index in [1.165, 1.54) is 0 Å². The Kier molecular flexibility index (Phi) is 2.80. The molecule has 0 heterocycles. The van der Waals surface area contributed by atoms with Gasteiger partial charge in [0.05, 0.1) is 0 Å². The zero-order valence-corrected chi connectivity index (χ0v) is 5.62. The second kappa shape index (κ2) is 2.91. The highest BCUT2D eigenvalue weighted by Crippen LogP contribution is 2.24. The monoisotopic (exact) mass is 197 g/mol. The highest BCUT2D eigenvalue weighted by atomic mass is 32.2. The van der Waals surface area contributed by atoms with Crippen molar-refractivity contribution >= 4 is 10.3 Å². The van der Waals surface area contributed by atoms with E-state index in [1.54, 1.807) is 0 Å². The molecular weight excluding hydrogens is 194 g/mol. The van der Waals surface area contributed by atoms with Crippen molar-refractivity contribution in [3.8, 4) is 0 Å². The summed E-state index contributed by atoms with van der Waals surface area (Å²) in [6.07, 6.45) is -9.30. The van der Waals surface area contributed by atoms with Gasteiger partial charge in [-0.1, -0.05) is 0 Å². The molecule has 0 bridgehead atoms. The van der Waals surface area contributed by atoms with Crippen molar-refractivity contribution in [3.63, 3.8) is 0 Å². The van der Waals surface area contributed by atoms with Crippen molar-refractivity contribution in [1.29, 1.82) is 0 Å². The Morgan fingerprint density at radius 1 is 1.36 bits per heavy atom. The SMILES string of the molecule is NS(=O)(=O)OC(F)(F)C(F)F. The fourth-order valence-corrected chi connectivity index (χ4v) is 0.574. The van der Waals surface area contributed by atoms with Crippen molar-refractivity contribution < 1.29 is 30.2 Å². The van der Waals surface area contributed by atoms with E-state index >= 15 is 0 Å². The third-order valence-electron chi connectivity index (χ3n) is 0.481. The van der Waals surface area contributed by atoms with E-state index in [2.05, 4.69) is 9.32 Å². The van der Waals surface area contributed by atoms with E-state index in [4.69, 9.17) is 0 Å². The Bertz CT molecular complexity index is 223. The molecule has 0 unspecified atom stereocenters. The average Bonchev–Trinajstić information content (AvgIpc) is 1.56. The molecule has 0 radical (unpaired) electrons. The molecule has 2 N–H and O–H groups in total. The zero-order chi connectivity index (χ0) is 9.28. The lowest BCUT2D eigenvalue weighted by Crippen LogP contribution is -2.35. The summed E-state index contributed by atoms with van der Waals surface area (Å²) < 4.78 is 67.5. The lowest BCUT2D eigenvalue weighted by atomic mass is 10.7. The van der Waals surface area contributed by atoms with Crippen LogP contribution >= 0.6 is 0 Å². The molecule has 0 rings (SSSR count). The molecule has 0 aromatic carbocycles. The molecule has 0 fully saturated rings. The molecule has 0 aliphatic rings. The predicted molar refractivity (Wildman–Crippen MR) is 25.1 cm³/mol. The number of rotatable bonds is 3. The number of nitrogens with two attached hydrogens (primary N) is 1. The number of hydrogen-bond acceptors (Lipinski definition) is 3. The summed E-state index contributed by atoms with van der Waals surface area (Å²) in [4.78, 5) is 0. The maximum Gasteiger partial charge on any atom is 0.431 e. The molecule has 0 atom stereocenters. The van der Waals surface area contributed by atoms with Gasteiger partial charge in [0.25, 0.3) is 0 Å². The molecule has 0 amide bonds. The van der Waals surface area contributed by atoms with Crippen LogP contribution < -0.4 is 5.14 Å². The molecule has 11 heavy (non-hydrogen) atoms. The predicted octanol–water partition coefficient (Wildman–Crippen LogP) is 0.0644. The number of hydrogen-bond donors (Lipinski definition) is 1. The molecule has 0 aromatic rings. The van der Waals surface area contributed by atoms with Gasteiger partial charge in [-0.05, 0) is 0 Å². The highest BCUT2D eigenvalue weighted by molar-refractivity contribution is 7.84. The van der Waals surface area contributed by atoms with Crippen LogP contribution in [0.5, 0.6) is 0 Å². The fraction of sp³-hybridized carbons (Fsp3) is 1.00. The van der Waals surface area contributed by atoms with E-state index in [-0.39, 0.29) is 0 Å². The largest absolute Gasteiger partial charge is 0.431 e. The van der Waals surface area contributed by atoms with Crippen molar-refractivity contribution in [2.45, 2.75) is 12.5 Å². The Balaban J connectivity index is 4.38. The number of alkyl halides is 4. The summed E-state index contributed by atoms with van der Waals surface area (Å²) in [5, 5.41) is 3.90. The van der Waals surface area contributed by atoms with Crippen LogP contribution in [0, 0.1) is 0 Å². The van der Waals surface area contributed by atoms with Gasteiger partial charge in [-0.2, -0.15) is 21.4 Å². The first kappa shape index (κ1) is 10.6. The molecule has 0 aromatic heterocycles. The van der Waals surface area contributed by atoms with Crippen LogP contribution in [0.15, 0.2) is 0 Å². The van der Waals surface area contributed by atoms with Crippen molar-refractivity contribution in [2.24, 2.45) is 5.14 Å². The summed E-state index contributed by atoms with van der Waals surface area (Å²) in [6, 6.07) is 0. The molecule has 4 nitrogen and oxygen atoms in total. The third kappa shape index (κ3) is 4.11. The second-order valence-corrected chi connectivity index (χ2v) is 2.59. The first-order valence-electron chi connectivity index (χ1n) is 2.04. The fourth-order valence-electron chi connectivity index (χ4n) is 0.191. The van der Waals surface area contributed by atoms with E-state index in [9.17, 15) is 26.0 Å². The van der Waals surface area contributed by atoms with Gasteiger partial charge in [0.15, 0.2) is 0 Å². The normalized spacial score (nSPS) is 14.0. The van der Waals surface area contributed by atoms with Crippen LogP contribution in [0.1, 0.15) is 0 Å². The Morgan fingerprint density at radius 2 is 1.73 bits per heavy atom. The summed E-state index contributed by atoms with van der Waals surface area (Å²) in [5.74, 6) is 0. The van der Waals surface area contributed by atoms with Crippen LogP contribution in [0.3, 0.4) is 0 Å². The van der Waals surface area contributed by atoms with Crippen LogP contribution in [0.2, 0.25) is 0 Å². The van der Waals surface area contributed by atoms with Crippen molar-refractivity contribution in [1.82, 2.24) is 0 Å². The van der Waals surface area contributed by atoms with Crippen molar-refractivity contribution in [3.05, 3.63) is 0 Å². The summed E-state index contributed by atoms with van der Waals surface area (Å²) in [5.41, 5.74) is 0. The Labute approximate surface area is 59.2 Å². The minimum atomic E-state index is -5.06. The Hall–Kier alpha value is -0.410. The van der Waals surface area contributed by atoms with Crippen LogP contribution in [-0.2, 0) is 14.5 Å². The van der Waals surface area contributed by atoms with Gasteiger partial charge in [0.1, 0.15) is 0 Å². The summed E-state index contributed by atoms with van der Waals surface area (Å²) in [6.45, 7) is 0. The van der Waals surface area contributed by atoms with Crippen LogP contribution in [0.4, 0.5) is 17.6 Å². The minimum absolute atomic E-state index is 2.55. The minimum Gasteiger partial charge on any atom is -0.205 e. The maximum atomic E-state index is 11.6. The second-order valence-electron chi connectivity index (χ2n) is 1.44. The lowest BCUT2D eigenvalue weighted by molar-refractivity contribution is -0.250. The molecule has 0 saturated heterocycles. The standard InChI is InChI=1S/C2H3F4NO3S/c3-1(4)2(5,6)10-11(7,8)9/h1H,(H2,7,8,9). The molecule has 0 saturated carbocycles. The van der Waals surface area contributed by atoms with E-state index in [1.807, 2.05) is 0 Å². The smallest absolute Gasteiger partial charge is 0.205 e. The van der Waals surface area contributed by atoms with Gasteiger partial charge in [-0.3, -0.25) is 0 Å². The zero-order valence-electron chi connectivity index (χ0n) is 4.80. The molecule has 68 valence electrons. The quantitative estimate of drug-likeness (QED) is 0.650. The Morgan fingerprint density at radius 3 is 1.82 bits per heavy atom. The lowest BCUT2D eigenvalue weighted by Gasteiger charge is -2.12. The first-order chi connectivity index (χ1) is 4.65. The van der Waals surface area contributed by atoms with Gasteiger partial charge in [-0.15, -0.1) is 0 Å². The van der Waals surface area contributed by atoms with Crippen LogP contribution in [-0.4, -0.2) is 21.0 Å². The maximum absolute atomic E-state index is 11.6. The van der Waals surface area contributed by atoms with Gasteiger partial charge in [0, 0.05) is 0 Å². The average molecular weight is 197 g/mol. The van der Waals surface area contributed by atoms with E-state index < -0.39 is 22.8 Å². The topological polar surface area (TPSA) is 69.4 Å². The van der Waals surface area contributed by atoms with Crippen molar-refractivity contribution in [2.75, 3.05) is 0 Å². The van der Waals surface area contributed by atoms with Crippen LogP contribution in [0.25, 0.3) is 0 Å². The van der Waals surface area contributed by atoms with E-state index in [0.29, 0.717) is 0 Å². The third-order valence-corrected chi connectivity index (χ3v) is 0.936. The molecule has 0 aliphatic carbocycles. The van der Waals surface area contributed by atoms with Gasteiger partial charge < -0.3 is 0 Å². The molecule has 0 aliphatic heterocycles. The molecular formula is C2H3F4NO3S. The summed E-state index contributed by atoms with van der Waals surface area (Å²) >= 11 is 0. The van der Waals surface area contributed by atoms with E-state index in [0.717, 1.165) is 0 Å². The van der Waals surface area contributed by atoms with Gasteiger partial charge in [0.2, 0.25) is 0 Å². The number of halogens is 4. The molecule has 0 spiro atoms. The highest BCUT2D eigenvalue weighted by Gasteiger charge is 2.46. The van der Waals surface area contributed by atoms with Gasteiger partial charge >= 0.3 is 22.8 Å². The van der Waals surface area contributed by atoms with Gasteiger partial charge in [-0.25, -0.2) is 13.9 Å². The first-order valence-corrected chi connectivity index (χ1v) is 3.51. The summed E-state index contributed by atoms with van der Waals surface area (Å²) in [7, 11) is -5.06. The molecule has 9 heteroatoms.